The molecule has 1 aliphatic rings. The molecule has 0 bridgehead atoms. The second-order valence-corrected chi connectivity index (χ2v) is 7.83. The second-order valence-electron chi connectivity index (χ2n) is 7.83. The first-order valence-electron chi connectivity index (χ1n) is 10.5. The maximum absolute atomic E-state index is 12.5. The third kappa shape index (κ3) is 4.09. The summed E-state index contributed by atoms with van der Waals surface area (Å²) in [5.41, 5.74) is 3.16. The maximum Gasteiger partial charge on any atom is 0.254 e. The molecule has 0 unspecified atom stereocenters. The average Bonchev–Trinajstić information content (AvgIpc) is 3.45. The molecule has 2 N–H and O–H groups in total. The number of aryl methyl sites for hydroxylation is 1. The van der Waals surface area contributed by atoms with E-state index in [-0.39, 0.29) is 5.91 Å². The Morgan fingerprint density at radius 1 is 1.10 bits per heavy atom. The van der Waals surface area contributed by atoms with E-state index in [0.717, 1.165) is 35.6 Å². The Balaban J connectivity index is 1.38. The van der Waals surface area contributed by atoms with Crippen molar-refractivity contribution in [1.82, 2.24) is 29.9 Å². The van der Waals surface area contributed by atoms with Gasteiger partial charge in [0.2, 0.25) is 0 Å². The number of anilines is 2. The summed E-state index contributed by atoms with van der Waals surface area (Å²) in [6.07, 6.45) is 7.97. The topological polar surface area (TPSA) is 97.1 Å². The number of nitrogens with one attached hydrogen (secondary N) is 2. The predicted octanol–water partition coefficient (Wildman–Crippen LogP) is 3.91. The van der Waals surface area contributed by atoms with Crippen LogP contribution in [-0.4, -0.2) is 36.5 Å². The van der Waals surface area contributed by atoms with Crippen LogP contribution in [-0.2, 0) is 0 Å². The second kappa shape index (κ2) is 8.14. The lowest BCUT2D eigenvalue weighted by Gasteiger charge is -2.12. The molecule has 4 aromatic rings. The number of aromatic nitrogens is 5. The van der Waals surface area contributed by atoms with Crippen molar-refractivity contribution in [3.8, 4) is 11.4 Å². The van der Waals surface area contributed by atoms with E-state index >= 15 is 0 Å². The number of hydrogen-bond donors (Lipinski definition) is 2. The van der Waals surface area contributed by atoms with Crippen molar-refractivity contribution in [3.05, 3.63) is 66.1 Å². The molecule has 156 valence electrons. The molecule has 0 radical (unpaired) electrons. The highest BCUT2D eigenvalue weighted by atomic mass is 16.1. The van der Waals surface area contributed by atoms with Gasteiger partial charge in [-0.25, -0.2) is 4.98 Å². The van der Waals surface area contributed by atoms with E-state index in [9.17, 15) is 4.79 Å². The predicted molar refractivity (Wildman–Crippen MR) is 118 cm³/mol. The largest absolute Gasteiger partial charge is 0.349 e. The van der Waals surface area contributed by atoms with Gasteiger partial charge in [-0.05, 0) is 56.2 Å². The summed E-state index contributed by atoms with van der Waals surface area (Å²) < 4.78 is 1.68. The zero-order valence-electron chi connectivity index (χ0n) is 17.2. The van der Waals surface area contributed by atoms with Crippen LogP contribution in [0.4, 0.5) is 11.5 Å². The molecule has 0 atom stereocenters. The van der Waals surface area contributed by atoms with Gasteiger partial charge in [-0.2, -0.15) is 9.50 Å². The van der Waals surface area contributed by atoms with Crippen molar-refractivity contribution in [3.63, 3.8) is 0 Å². The Hall–Kier alpha value is -3.81. The molecule has 3 aromatic heterocycles. The van der Waals surface area contributed by atoms with Crippen LogP contribution in [0.3, 0.4) is 0 Å². The number of hydrogen-bond acceptors (Lipinski definition) is 6. The van der Waals surface area contributed by atoms with E-state index in [1.807, 2.05) is 49.4 Å². The summed E-state index contributed by atoms with van der Waals surface area (Å²) in [4.78, 5) is 25.6. The molecular weight excluding hydrogens is 390 g/mol. The van der Waals surface area contributed by atoms with E-state index in [0.29, 0.717) is 23.2 Å². The Morgan fingerprint density at radius 3 is 2.65 bits per heavy atom. The lowest BCUT2D eigenvalue weighted by Crippen LogP contribution is -2.32. The molecule has 0 aliphatic heterocycles. The summed E-state index contributed by atoms with van der Waals surface area (Å²) in [6, 6.07) is 13.4. The van der Waals surface area contributed by atoms with E-state index in [1.54, 1.807) is 16.9 Å². The van der Waals surface area contributed by atoms with Gasteiger partial charge >= 0.3 is 0 Å². The minimum atomic E-state index is -0.0158. The first-order chi connectivity index (χ1) is 15.2. The van der Waals surface area contributed by atoms with Crippen molar-refractivity contribution in [1.29, 1.82) is 0 Å². The Bertz CT molecular complexity index is 1210. The molecule has 1 saturated carbocycles. The van der Waals surface area contributed by atoms with Crippen LogP contribution in [0.25, 0.3) is 17.2 Å². The van der Waals surface area contributed by atoms with Gasteiger partial charge in [0.25, 0.3) is 11.7 Å². The van der Waals surface area contributed by atoms with Crippen LogP contribution < -0.4 is 10.6 Å². The van der Waals surface area contributed by atoms with Crippen LogP contribution in [0, 0.1) is 6.92 Å². The molecule has 1 amide bonds. The fourth-order valence-electron chi connectivity index (χ4n) is 3.88. The number of rotatable bonds is 5. The van der Waals surface area contributed by atoms with Gasteiger partial charge in [-0.15, -0.1) is 5.10 Å². The average molecular weight is 413 g/mol. The highest BCUT2D eigenvalue weighted by molar-refractivity contribution is 5.94. The van der Waals surface area contributed by atoms with Gasteiger partial charge in [-0.3, -0.25) is 9.78 Å². The molecule has 1 aliphatic carbocycles. The van der Waals surface area contributed by atoms with Gasteiger partial charge < -0.3 is 10.6 Å². The molecule has 1 fully saturated rings. The number of fused-ring (bicyclic) bond motifs is 1. The SMILES string of the molecule is Cc1cc(Nc2ccc(C(=O)NC3CCCC3)cc2)n2nc(-c3cccnc3)nc2n1. The summed E-state index contributed by atoms with van der Waals surface area (Å²) in [5.74, 6) is 1.80. The number of benzene rings is 1. The first-order valence-corrected chi connectivity index (χ1v) is 10.5. The molecule has 31 heavy (non-hydrogen) atoms. The Labute approximate surface area is 179 Å². The van der Waals surface area contributed by atoms with Crippen molar-refractivity contribution in [2.24, 2.45) is 0 Å². The number of carbonyl (C=O) groups excluding carboxylic acids is 1. The smallest absolute Gasteiger partial charge is 0.254 e. The van der Waals surface area contributed by atoms with Crippen LogP contribution in [0.1, 0.15) is 41.7 Å². The summed E-state index contributed by atoms with van der Waals surface area (Å²) in [6.45, 7) is 1.92. The number of pyridine rings is 1. The molecule has 0 spiro atoms. The van der Waals surface area contributed by atoms with Crippen LogP contribution in [0.5, 0.6) is 0 Å². The van der Waals surface area contributed by atoms with Gasteiger partial charge in [0.05, 0.1) is 0 Å². The maximum atomic E-state index is 12.5. The zero-order valence-corrected chi connectivity index (χ0v) is 17.2. The monoisotopic (exact) mass is 413 g/mol. The van der Waals surface area contributed by atoms with E-state index < -0.39 is 0 Å². The molecule has 8 nitrogen and oxygen atoms in total. The van der Waals surface area contributed by atoms with Crippen molar-refractivity contribution in [2.75, 3.05) is 5.32 Å². The zero-order chi connectivity index (χ0) is 21.2. The minimum Gasteiger partial charge on any atom is -0.349 e. The fraction of sp³-hybridized carbons (Fsp3) is 0.261. The standard InChI is InChI=1S/C23H23N7O/c1-15-13-20(30-23(25-15)28-21(29-30)17-5-4-12-24-14-17)26-19-10-8-16(9-11-19)22(31)27-18-6-2-3-7-18/h4-5,8-14,18,26H,2-3,6-7H2,1H3,(H,27,31). The van der Waals surface area contributed by atoms with Crippen LogP contribution in [0.2, 0.25) is 0 Å². The van der Waals surface area contributed by atoms with Crippen molar-refractivity contribution in [2.45, 2.75) is 38.6 Å². The quantitative estimate of drug-likeness (QED) is 0.515. The third-order valence-corrected chi connectivity index (χ3v) is 5.47. The van der Waals surface area contributed by atoms with Crippen molar-refractivity contribution < 1.29 is 4.79 Å². The van der Waals surface area contributed by atoms with Gasteiger partial charge in [0, 0.05) is 47.0 Å². The first kappa shape index (κ1) is 19.2. The molecular formula is C23H23N7O. The lowest BCUT2D eigenvalue weighted by atomic mass is 10.1. The Kier molecular flexibility index (Phi) is 5.03. The molecule has 1 aromatic carbocycles. The van der Waals surface area contributed by atoms with Gasteiger partial charge in [-0.1, -0.05) is 12.8 Å². The fourth-order valence-corrected chi connectivity index (χ4v) is 3.88. The summed E-state index contributed by atoms with van der Waals surface area (Å²) >= 11 is 0. The van der Waals surface area contributed by atoms with Gasteiger partial charge in [0.15, 0.2) is 5.82 Å². The number of carbonyl (C=O) groups is 1. The molecule has 5 rings (SSSR count). The normalized spacial score (nSPS) is 14.1. The highest BCUT2D eigenvalue weighted by Gasteiger charge is 2.18. The number of amides is 1. The third-order valence-electron chi connectivity index (χ3n) is 5.47. The van der Waals surface area contributed by atoms with E-state index in [2.05, 4.69) is 30.7 Å². The van der Waals surface area contributed by atoms with Crippen LogP contribution >= 0.6 is 0 Å². The summed E-state index contributed by atoms with van der Waals surface area (Å²) in [5, 5.41) is 11.1. The highest BCUT2D eigenvalue weighted by Crippen LogP contribution is 2.22. The van der Waals surface area contributed by atoms with Gasteiger partial charge in [0.1, 0.15) is 5.82 Å². The van der Waals surface area contributed by atoms with E-state index in [1.165, 1.54) is 12.8 Å². The summed E-state index contributed by atoms with van der Waals surface area (Å²) in [7, 11) is 0. The lowest BCUT2D eigenvalue weighted by molar-refractivity contribution is 0.0938. The minimum absolute atomic E-state index is 0.0158. The van der Waals surface area contributed by atoms with E-state index in [4.69, 9.17) is 0 Å². The van der Waals surface area contributed by atoms with Crippen molar-refractivity contribution >= 4 is 23.2 Å². The number of nitrogens with zero attached hydrogens (tertiary/aromatic N) is 5. The molecule has 8 heteroatoms. The molecule has 3 heterocycles. The Morgan fingerprint density at radius 2 is 1.90 bits per heavy atom. The van der Waals surface area contributed by atoms with Crippen LogP contribution in [0.15, 0.2) is 54.9 Å². The molecule has 0 saturated heterocycles.